The van der Waals surface area contributed by atoms with Crippen molar-refractivity contribution in [2.45, 2.75) is 145 Å². The number of aromatic nitrogens is 8. The van der Waals surface area contributed by atoms with Gasteiger partial charge in [-0.3, -0.25) is 39.3 Å². The van der Waals surface area contributed by atoms with Crippen molar-refractivity contribution in [3.63, 3.8) is 0 Å². The van der Waals surface area contributed by atoms with Gasteiger partial charge in [0.25, 0.3) is 17.6 Å². The van der Waals surface area contributed by atoms with Crippen molar-refractivity contribution in [1.29, 1.82) is 0 Å². The number of fused-ring (bicyclic) bond motifs is 5. The van der Waals surface area contributed by atoms with Crippen LogP contribution in [0.4, 0.5) is 5.69 Å². The number of aliphatic hydroxyl groups is 1. The molecule has 0 aliphatic carbocycles. The molecule has 0 saturated carbocycles. The van der Waals surface area contributed by atoms with E-state index in [9.17, 15) is 33.6 Å². The molecule has 15 rings (SSSR count). The average Bonchev–Trinajstić information content (AvgIpc) is 1.62. The number of para-hydroxylation sites is 5. The smallest absolute Gasteiger partial charge is 1.00 e. The van der Waals surface area contributed by atoms with E-state index < -0.39 is 17.7 Å². The molecule has 0 fully saturated rings. The Kier molecular flexibility index (Phi) is 84.1. The largest absolute Gasteiger partial charge is 2.00 e. The fourth-order valence-corrected chi connectivity index (χ4v) is 9.61. The van der Waals surface area contributed by atoms with Crippen molar-refractivity contribution in [3.05, 3.63) is 322 Å². The second kappa shape index (κ2) is 83.1. The molecular formula is C98H128BrClIMgN11O13. The number of ketones is 3. The Balaban J connectivity index is -0.000000256. The number of halogens is 3. The van der Waals surface area contributed by atoms with E-state index in [4.69, 9.17) is 24.5 Å². The fourth-order valence-electron chi connectivity index (χ4n) is 9.25. The number of carbonyl (C=O) groups is 7. The van der Waals surface area contributed by atoms with Crippen LogP contribution < -0.4 is 27.8 Å². The maximum Gasteiger partial charge on any atom is 2.00 e. The van der Waals surface area contributed by atoms with Gasteiger partial charge in [-0.2, -0.15) is 66.4 Å². The predicted octanol–water partition coefficient (Wildman–Crippen LogP) is 20.2. The number of carboxylic acids is 1. The van der Waals surface area contributed by atoms with Crippen LogP contribution in [0, 0.1) is 9.64 Å². The summed E-state index contributed by atoms with van der Waals surface area (Å²) in [7, 11) is 4.80. The molecule has 24 nitrogen and oxygen atoms in total. The van der Waals surface area contributed by atoms with Gasteiger partial charge < -0.3 is 47.0 Å². The molecule has 1 aliphatic rings. The molecule has 2 amide bonds. The minimum atomic E-state index is -0.984. The second-order valence-electron chi connectivity index (χ2n) is 21.0. The summed E-state index contributed by atoms with van der Waals surface area (Å²) in [5.41, 5.74) is 11.0. The molecule has 0 radical (unpaired) electrons. The van der Waals surface area contributed by atoms with Gasteiger partial charge in [0, 0.05) is 50.3 Å². The van der Waals surface area contributed by atoms with Crippen molar-refractivity contribution in [3.8, 4) is 5.69 Å². The summed E-state index contributed by atoms with van der Waals surface area (Å²) < 4.78 is 7.60. The van der Waals surface area contributed by atoms with Crippen molar-refractivity contribution in [1.82, 2.24) is 50.8 Å². The number of anilines is 1. The fraction of sp³-hybridized carbons (Fsp3) is 0.265. The molecule has 0 atom stereocenters. The van der Waals surface area contributed by atoms with Crippen LogP contribution in [0.3, 0.4) is 0 Å². The van der Waals surface area contributed by atoms with Gasteiger partial charge in [0.15, 0.2) is 5.69 Å². The number of carboxylic acid groups (broad SMARTS) is 1. The van der Waals surface area contributed by atoms with Gasteiger partial charge in [0.1, 0.15) is 18.1 Å². The summed E-state index contributed by atoms with van der Waals surface area (Å²) in [6, 6.07) is 81.7. The first-order valence-electron chi connectivity index (χ1n) is 41.2. The molecule has 0 bridgehead atoms. The summed E-state index contributed by atoms with van der Waals surface area (Å²) >= 11 is 2.19. The minimum absolute atomic E-state index is 0. The molecule has 0 spiro atoms. The molecule has 126 heavy (non-hydrogen) atoms. The van der Waals surface area contributed by atoms with Gasteiger partial charge in [0.2, 0.25) is 11.6 Å². The van der Waals surface area contributed by atoms with Crippen LogP contribution in [-0.2, 0) is 24.0 Å². The Morgan fingerprint density at radius 2 is 0.905 bits per heavy atom. The molecule has 0 unspecified atom stereocenters. The molecule has 0 saturated heterocycles. The zero-order chi connectivity index (χ0) is 93.9. The monoisotopic (exact) mass is 1930 g/mol. The van der Waals surface area contributed by atoms with Crippen LogP contribution >= 0.6 is 35.0 Å². The Morgan fingerprint density at radius 3 is 1.33 bits per heavy atom. The van der Waals surface area contributed by atoms with Crippen molar-refractivity contribution in [2.75, 3.05) is 39.9 Å². The number of aromatic amines is 3. The normalized spacial score (nSPS) is 8.97. The number of hydrogen-bond acceptors (Lipinski definition) is 17. The van der Waals surface area contributed by atoms with Gasteiger partial charge in [0.05, 0.1) is 70.0 Å². The van der Waals surface area contributed by atoms with Crippen molar-refractivity contribution >= 4 is 155 Å². The van der Waals surface area contributed by atoms with Crippen LogP contribution in [0.5, 0.6) is 0 Å². The average molecular weight is 1930 g/mol. The van der Waals surface area contributed by atoms with E-state index in [1.54, 1.807) is 98.6 Å². The Bertz CT molecular complexity index is 5070. The number of rotatable bonds is 11. The predicted molar refractivity (Wildman–Crippen MR) is 523 cm³/mol. The number of hydroxylamine groups is 1. The number of benzene rings is 10. The number of aromatic carboxylic acids is 1. The molecule has 7 N–H and O–H groups in total. The van der Waals surface area contributed by atoms with Crippen LogP contribution in [0.15, 0.2) is 267 Å². The molecule has 28 heteroatoms. The first kappa shape index (κ1) is 128. The molecule has 10 aromatic carbocycles. The Hall–Kier alpha value is -11.5. The van der Waals surface area contributed by atoms with E-state index in [1.165, 1.54) is 24.1 Å². The summed E-state index contributed by atoms with van der Waals surface area (Å²) in [4.78, 5) is 103. The number of Topliss-reactive ketones (excluding diaryl/α,β-unsaturated/α-hetero) is 1. The SMILES string of the molecule is CC.CC.CC.CC.CC.CC.CC.CC.CC.CC.CCOC(=O)c1ccc(I)cc1.CN(CO)C(=O)c1n[nH]c2ccccc12.CNOC.Cl.O=C(O)c1ccc(-n2nc(C(=O)c3ccccc3)c3ccccc32)cc1.O=C(c1ccccc1)c1n[nH]c2ccccc12.O=C1Nc2ccccc2C1=O.O=C=O.[Br-].[Mg+2].[c-]1ccccc1.c1ccc2[nH]ncc2c1. The van der Waals surface area contributed by atoms with Gasteiger partial charge in [-0.1, -0.05) is 284 Å². The van der Waals surface area contributed by atoms with E-state index in [-0.39, 0.29) is 94.3 Å². The van der Waals surface area contributed by atoms with Crippen LogP contribution in [0.25, 0.3) is 49.3 Å². The number of ether oxygens (including phenoxy) is 1. The van der Waals surface area contributed by atoms with Crippen LogP contribution in [0.2, 0.25) is 0 Å². The summed E-state index contributed by atoms with van der Waals surface area (Å²) in [6.45, 7) is 41.9. The van der Waals surface area contributed by atoms with E-state index in [0.29, 0.717) is 57.3 Å². The van der Waals surface area contributed by atoms with Gasteiger partial charge in [-0.05, 0) is 114 Å². The third-order valence-corrected chi connectivity index (χ3v) is 15.0. The molecule has 676 valence electrons. The third kappa shape index (κ3) is 45.4. The van der Waals surface area contributed by atoms with Gasteiger partial charge in [-0.25, -0.2) is 19.8 Å². The van der Waals surface area contributed by atoms with E-state index in [2.05, 4.69) is 80.0 Å². The van der Waals surface area contributed by atoms with Crippen molar-refractivity contribution in [2.24, 2.45) is 0 Å². The van der Waals surface area contributed by atoms with Gasteiger partial charge in [-0.15, -0.1) is 12.4 Å². The maximum absolute atomic E-state index is 12.9. The molecule has 4 aromatic heterocycles. The van der Waals surface area contributed by atoms with Crippen LogP contribution in [-0.4, -0.2) is 160 Å². The van der Waals surface area contributed by atoms with Crippen molar-refractivity contribution < 1.29 is 79.9 Å². The first-order chi connectivity index (χ1) is 60.1. The Labute approximate surface area is 791 Å². The quantitative estimate of drug-likeness (QED) is 0.00924. The molecule has 14 aromatic rings. The summed E-state index contributed by atoms with van der Waals surface area (Å²) in [5, 5.41) is 48.8. The summed E-state index contributed by atoms with van der Waals surface area (Å²) in [6.07, 6.45) is 2.06. The number of amides is 2. The number of hydrogen-bond donors (Lipinski definition) is 7. The number of nitrogens with zero attached hydrogens (tertiary/aromatic N) is 6. The second-order valence-corrected chi connectivity index (χ2v) is 22.2. The number of carbonyl (C=O) groups excluding carboxylic acids is 8. The maximum atomic E-state index is 12.9. The first-order valence-corrected chi connectivity index (χ1v) is 42.2. The van der Waals surface area contributed by atoms with E-state index >= 15 is 0 Å². The minimum Gasteiger partial charge on any atom is -1.00 e. The third-order valence-electron chi connectivity index (χ3n) is 14.3. The number of aliphatic hydroxyl groups excluding tert-OH is 1. The number of esters is 1. The Morgan fingerprint density at radius 1 is 0.508 bits per heavy atom. The number of nitrogens with one attached hydrogen (secondary N) is 5. The standard InChI is InChI=1S/C21H14N2O3.C14H10N2O.C10H11N3O2.C9H9IO2.C8H5NO2.C7H6N2.C6H5.C2H7NO.10C2H6.CO2.BrH.ClH.Mg/c24-20(14-6-2-1-3-7-14)19-17-8-4-5-9-18(17)23(22-19)16-12-10-15(11-13-16)21(25)26;17-14(10-6-2-1-3-7-10)13-11-8-4-5-9-12(11)15-16-13;1-13(6-14)10(15)9-7-4-2-3-5-8(7)11-12-9;1-2-12-9(11)7-3-5-8(10)6-4-7;10-7-5-3-1-2-4-6(5)9-8(7)11;1-2-4-7-6(3-1)5-8-9-7;1-2-4-6-5-3-1;1-3-4-2;10*1-2;2-1-3;;;/h1-13H,(H,25,26);1-9H,(H,15,16);2-5,14H,6H2,1H3,(H,11,12);3-6H,2H2,1H3;1-4H,(H,9,10,11);1-5H,(H,8,9);1-5H;3H,1-2H3;10*1-2H3;;2*1H;/q;;;;;;-1;;;;;;;;;;;;;;;+2/p-1. The van der Waals surface area contributed by atoms with E-state index in [1.807, 2.05) is 321 Å². The van der Waals surface area contributed by atoms with E-state index in [0.717, 1.165) is 47.2 Å². The molecule has 5 heterocycles. The van der Waals surface area contributed by atoms with Gasteiger partial charge >= 0.3 is 41.1 Å². The zero-order valence-electron chi connectivity index (χ0n) is 77.3. The summed E-state index contributed by atoms with van der Waals surface area (Å²) in [5.74, 6) is -2.72. The molecular weight excluding hydrogens is 1810 g/mol. The molecule has 1 aliphatic heterocycles. The number of H-pyrrole nitrogens is 3. The topological polar surface area (TPSA) is 344 Å². The van der Waals surface area contributed by atoms with Crippen LogP contribution in [0.1, 0.15) is 219 Å². The zero-order valence-corrected chi connectivity index (χ0v) is 83.2.